The van der Waals surface area contributed by atoms with Gasteiger partial charge >= 0.3 is 5.69 Å². The van der Waals surface area contributed by atoms with Crippen LogP contribution in [-0.2, 0) is 4.79 Å². The molecule has 2 N–H and O–H groups in total. The van der Waals surface area contributed by atoms with Crippen molar-refractivity contribution in [2.45, 2.75) is 6.92 Å². The second-order valence-corrected chi connectivity index (χ2v) is 5.60. The Hall–Kier alpha value is -3.94. The van der Waals surface area contributed by atoms with Crippen molar-refractivity contribution in [3.05, 3.63) is 77.0 Å². The molecular formula is C19H16N4O4. The highest BCUT2D eigenvalue weighted by Gasteiger charge is 2.16. The van der Waals surface area contributed by atoms with Gasteiger partial charge in [0.2, 0.25) is 11.8 Å². The molecule has 0 aliphatic rings. The zero-order valence-electron chi connectivity index (χ0n) is 14.4. The van der Waals surface area contributed by atoms with Gasteiger partial charge in [0.15, 0.2) is 0 Å². The van der Waals surface area contributed by atoms with Crippen LogP contribution in [0.3, 0.4) is 0 Å². The van der Waals surface area contributed by atoms with E-state index in [1.807, 2.05) is 18.2 Å². The van der Waals surface area contributed by atoms with Crippen LogP contribution in [0.4, 0.5) is 22.7 Å². The highest BCUT2D eigenvalue weighted by atomic mass is 16.6. The van der Waals surface area contributed by atoms with Crippen molar-refractivity contribution in [1.82, 2.24) is 4.98 Å². The summed E-state index contributed by atoms with van der Waals surface area (Å²) in [5, 5.41) is 16.9. The largest absolute Gasteiger partial charge is 0.439 e. The molecule has 1 aromatic heterocycles. The summed E-state index contributed by atoms with van der Waals surface area (Å²) in [6, 6.07) is 17.3. The maximum Gasteiger partial charge on any atom is 0.311 e. The van der Waals surface area contributed by atoms with Gasteiger partial charge in [-0.3, -0.25) is 14.9 Å². The Morgan fingerprint density at radius 2 is 1.81 bits per heavy atom. The first-order valence-corrected chi connectivity index (χ1v) is 8.03. The minimum atomic E-state index is -0.514. The predicted molar refractivity (Wildman–Crippen MR) is 101 cm³/mol. The Kier molecular flexibility index (Phi) is 5.27. The fraction of sp³-hybridized carbons (Fsp3) is 0.0526. The van der Waals surface area contributed by atoms with Crippen molar-refractivity contribution in [2.24, 2.45) is 0 Å². The highest BCUT2D eigenvalue weighted by Crippen LogP contribution is 2.32. The normalized spacial score (nSPS) is 10.1. The Morgan fingerprint density at radius 1 is 1.07 bits per heavy atom. The molecule has 8 heteroatoms. The van der Waals surface area contributed by atoms with Crippen molar-refractivity contribution in [3.63, 3.8) is 0 Å². The number of nitro groups is 1. The number of hydrogen-bond acceptors (Lipinski definition) is 6. The summed E-state index contributed by atoms with van der Waals surface area (Å²) in [6.45, 7) is 1.41. The quantitative estimate of drug-likeness (QED) is 0.493. The number of aromatic nitrogens is 1. The average Bonchev–Trinajstić information content (AvgIpc) is 2.62. The molecule has 1 heterocycles. The van der Waals surface area contributed by atoms with Crippen LogP contribution in [0.25, 0.3) is 0 Å². The van der Waals surface area contributed by atoms with Gasteiger partial charge in [-0.15, -0.1) is 0 Å². The van der Waals surface area contributed by atoms with Crippen LogP contribution in [0, 0.1) is 10.1 Å². The summed E-state index contributed by atoms with van der Waals surface area (Å²) < 4.78 is 5.69. The van der Waals surface area contributed by atoms with Gasteiger partial charge in [0.1, 0.15) is 17.6 Å². The molecule has 0 unspecified atom stereocenters. The smallest absolute Gasteiger partial charge is 0.311 e. The first kappa shape index (κ1) is 17.9. The van der Waals surface area contributed by atoms with E-state index in [1.54, 1.807) is 36.4 Å². The summed E-state index contributed by atoms with van der Waals surface area (Å²) in [5.74, 6) is 0.419. The maximum absolute atomic E-state index is 11.3. The molecule has 0 fully saturated rings. The number of nitrogens with zero attached hydrogens (tertiary/aromatic N) is 2. The monoisotopic (exact) mass is 364 g/mol. The molecule has 27 heavy (non-hydrogen) atoms. The Labute approximate surface area is 155 Å². The molecule has 0 spiro atoms. The lowest BCUT2D eigenvalue weighted by molar-refractivity contribution is -0.384. The van der Waals surface area contributed by atoms with Gasteiger partial charge in [0.05, 0.1) is 4.92 Å². The fourth-order valence-electron chi connectivity index (χ4n) is 2.37. The standard InChI is InChI=1S/C19H16N4O4/c1-13(24)21-15-8-5-9-16(10-15)27-19-11-17(18(12-20-19)23(25)26)22-14-6-3-2-4-7-14/h2-12H,1H3,(H,20,22)(H,21,24). The fourth-order valence-corrected chi connectivity index (χ4v) is 2.37. The van der Waals surface area contributed by atoms with Gasteiger partial charge in [0, 0.05) is 30.4 Å². The third kappa shape index (κ3) is 4.79. The highest BCUT2D eigenvalue weighted by molar-refractivity contribution is 5.88. The minimum absolute atomic E-state index is 0.168. The molecule has 1 amide bonds. The number of rotatable bonds is 6. The molecule has 0 bridgehead atoms. The zero-order valence-corrected chi connectivity index (χ0v) is 14.4. The third-order valence-corrected chi connectivity index (χ3v) is 3.48. The molecule has 3 aromatic rings. The summed E-state index contributed by atoms with van der Waals surface area (Å²) in [4.78, 5) is 25.9. The summed E-state index contributed by atoms with van der Waals surface area (Å²) in [5.41, 5.74) is 1.36. The van der Waals surface area contributed by atoms with Gasteiger partial charge in [0.25, 0.3) is 0 Å². The van der Waals surface area contributed by atoms with E-state index in [0.29, 0.717) is 17.1 Å². The Balaban J connectivity index is 1.87. The minimum Gasteiger partial charge on any atom is -0.439 e. The van der Waals surface area contributed by atoms with Gasteiger partial charge < -0.3 is 15.4 Å². The molecule has 0 atom stereocenters. The average molecular weight is 364 g/mol. The van der Waals surface area contributed by atoms with E-state index in [2.05, 4.69) is 15.6 Å². The second kappa shape index (κ2) is 7.96. The number of pyridine rings is 1. The number of nitrogens with one attached hydrogen (secondary N) is 2. The van der Waals surface area contributed by atoms with E-state index < -0.39 is 4.92 Å². The van der Waals surface area contributed by atoms with Crippen LogP contribution in [0.5, 0.6) is 11.6 Å². The molecule has 3 rings (SSSR count). The molecule has 0 saturated carbocycles. The Bertz CT molecular complexity index is 976. The lowest BCUT2D eigenvalue weighted by Gasteiger charge is -2.10. The number of para-hydroxylation sites is 1. The van der Waals surface area contributed by atoms with Crippen LogP contribution in [0.15, 0.2) is 66.9 Å². The van der Waals surface area contributed by atoms with Gasteiger partial charge in [-0.1, -0.05) is 24.3 Å². The van der Waals surface area contributed by atoms with Crippen LogP contribution in [-0.4, -0.2) is 15.8 Å². The molecule has 0 aliphatic heterocycles. The lowest BCUT2D eigenvalue weighted by Crippen LogP contribution is -2.05. The second-order valence-electron chi connectivity index (χ2n) is 5.60. The maximum atomic E-state index is 11.3. The molecule has 136 valence electrons. The van der Waals surface area contributed by atoms with Crippen molar-refractivity contribution in [2.75, 3.05) is 10.6 Å². The first-order chi connectivity index (χ1) is 13.0. The third-order valence-electron chi connectivity index (χ3n) is 3.48. The van der Waals surface area contributed by atoms with E-state index in [4.69, 9.17) is 4.74 Å². The lowest BCUT2D eigenvalue weighted by atomic mass is 10.2. The number of hydrogen-bond donors (Lipinski definition) is 2. The SMILES string of the molecule is CC(=O)Nc1cccc(Oc2cc(Nc3ccccc3)c([N+](=O)[O-])cn2)c1. The number of amides is 1. The van der Waals surface area contributed by atoms with E-state index in [-0.39, 0.29) is 23.2 Å². The number of carbonyl (C=O) groups is 1. The van der Waals surface area contributed by atoms with Crippen LogP contribution < -0.4 is 15.4 Å². The summed E-state index contributed by atoms with van der Waals surface area (Å²) in [7, 11) is 0. The van der Waals surface area contributed by atoms with E-state index >= 15 is 0 Å². The molecule has 0 saturated heterocycles. The van der Waals surface area contributed by atoms with E-state index in [1.165, 1.54) is 13.0 Å². The Morgan fingerprint density at radius 3 is 2.52 bits per heavy atom. The van der Waals surface area contributed by atoms with Gasteiger partial charge in [-0.2, -0.15) is 0 Å². The van der Waals surface area contributed by atoms with E-state index in [0.717, 1.165) is 6.20 Å². The molecule has 0 aliphatic carbocycles. The number of anilines is 3. The number of ether oxygens (including phenoxy) is 1. The number of carbonyl (C=O) groups excluding carboxylic acids is 1. The van der Waals surface area contributed by atoms with Gasteiger partial charge in [-0.05, 0) is 24.3 Å². The molecule has 8 nitrogen and oxygen atoms in total. The van der Waals surface area contributed by atoms with Crippen molar-refractivity contribution < 1.29 is 14.5 Å². The molecule has 0 radical (unpaired) electrons. The zero-order chi connectivity index (χ0) is 19.2. The molecular weight excluding hydrogens is 348 g/mol. The predicted octanol–water partition coefficient (Wildman–Crippen LogP) is 4.48. The summed E-state index contributed by atoms with van der Waals surface area (Å²) in [6.07, 6.45) is 1.14. The van der Waals surface area contributed by atoms with Crippen LogP contribution in [0.1, 0.15) is 6.92 Å². The van der Waals surface area contributed by atoms with Crippen molar-refractivity contribution >= 4 is 28.7 Å². The molecule has 2 aromatic carbocycles. The first-order valence-electron chi connectivity index (χ1n) is 8.03. The van der Waals surface area contributed by atoms with E-state index in [9.17, 15) is 14.9 Å². The topological polar surface area (TPSA) is 106 Å². The van der Waals surface area contributed by atoms with Crippen molar-refractivity contribution in [3.8, 4) is 11.6 Å². The van der Waals surface area contributed by atoms with Gasteiger partial charge in [-0.25, -0.2) is 4.98 Å². The summed E-state index contributed by atoms with van der Waals surface area (Å²) >= 11 is 0. The van der Waals surface area contributed by atoms with Crippen LogP contribution >= 0.6 is 0 Å². The number of benzene rings is 2. The van der Waals surface area contributed by atoms with Crippen molar-refractivity contribution in [1.29, 1.82) is 0 Å². The van der Waals surface area contributed by atoms with Crippen LogP contribution in [0.2, 0.25) is 0 Å².